The maximum absolute atomic E-state index is 5.01. The molecule has 9 aromatic rings. The molecule has 2 aromatic heterocycles. The molecular formula is C51H38N4Pt. The third-order valence-electron chi connectivity index (χ3n) is 11.2. The fourth-order valence-corrected chi connectivity index (χ4v) is 8.68. The van der Waals surface area contributed by atoms with Crippen LogP contribution in [-0.2, 0) is 26.5 Å². The largest absolute Gasteiger partial charge is 2.00 e. The minimum atomic E-state index is -0.754. The van der Waals surface area contributed by atoms with E-state index in [1.54, 1.807) is 0 Å². The number of rotatable bonds is 7. The van der Waals surface area contributed by atoms with Crippen molar-refractivity contribution < 1.29 is 21.1 Å². The van der Waals surface area contributed by atoms with Crippen molar-refractivity contribution in [1.82, 2.24) is 9.55 Å². The van der Waals surface area contributed by atoms with E-state index in [9.17, 15) is 0 Å². The molecular weight excluding hydrogens is 864 g/mol. The number of benzene rings is 7. The smallest absolute Gasteiger partial charge is 0.355 e. The van der Waals surface area contributed by atoms with E-state index < -0.39 is 5.41 Å². The van der Waals surface area contributed by atoms with Crippen LogP contribution in [0, 0.1) is 19.1 Å². The van der Waals surface area contributed by atoms with Crippen molar-refractivity contribution in [3.05, 3.63) is 222 Å². The molecule has 0 aliphatic carbocycles. The Hall–Kier alpha value is -6.22. The van der Waals surface area contributed by atoms with Gasteiger partial charge in [-0.15, -0.1) is 22.6 Å². The van der Waals surface area contributed by atoms with Crippen LogP contribution in [0.4, 0.5) is 17.1 Å². The number of hydrogen-bond acceptors (Lipinski definition) is 3. The molecule has 7 aromatic carbocycles. The second-order valence-corrected chi connectivity index (χ2v) is 14.4. The van der Waals surface area contributed by atoms with Gasteiger partial charge in [0.2, 0.25) is 0 Å². The number of pyridine rings is 1. The molecule has 1 aliphatic rings. The summed E-state index contributed by atoms with van der Waals surface area (Å²) >= 11 is 0. The summed E-state index contributed by atoms with van der Waals surface area (Å²) in [6, 6.07) is 71.0. The summed E-state index contributed by atoms with van der Waals surface area (Å²) in [5.41, 5.74) is 12.7. The molecule has 0 atom stereocenters. The Morgan fingerprint density at radius 1 is 0.589 bits per heavy atom. The van der Waals surface area contributed by atoms with Crippen LogP contribution in [0.15, 0.2) is 182 Å². The van der Waals surface area contributed by atoms with E-state index in [4.69, 9.17) is 4.98 Å². The third-order valence-corrected chi connectivity index (χ3v) is 11.2. The molecule has 0 bridgehead atoms. The van der Waals surface area contributed by atoms with Gasteiger partial charge in [-0.1, -0.05) is 126 Å². The molecule has 10 rings (SSSR count). The van der Waals surface area contributed by atoms with Crippen molar-refractivity contribution in [2.75, 3.05) is 23.5 Å². The van der Waals surface area contributed by atoms with E-state index in [-0.39, 0.29) is 21.1 Å². The summed E-state index contributed by atoms with van der Waals surface area (Å²) in [5, 5.41) is 2.30. The molecule has 0 saturated heterocycles. The minimum Gasteiger partial charge on any atom is -0.355 e. The Labute approximate surface area is 342 Å². The first-order valence-electron chi connectivity index (χ1n) is 18.8. The van der Waals surface area contributed by atoms with Crippen LogP contribution in [-0.4, -0.2) is 23.3 Å². The van der Waals surface area contributed by atoms with Gasteiger partial charge >= 0.3 is 21.1 Å². The Morgan fingerprint density at radius 3 is 2.02 bits per heavy atom. The third kappa shape index (κ3) is 5.67. The van der Waals surface area contributed by atoms with Crippen molar-refractivity contribution >= 4 is 38.9 Å². The molecule has 0 amide bonds. The summed E-state index contributed by atoms with van der Waals surface area (Å²) in [4.78, 5) is 9.66. The Morgan fingerprint density at radius 2 is 1.25 bits per heavy atom. The quantitative estimate of drug-likeness (QED) is 0.118. The number of aromatic nitrogens is 2. The summed E-state index contributed by atoms with van der Waals surface area (Å²) < 4.78 is 2.29. The zero-order valence-corrected chi connectivity index (χ0v) is 33.4. The Balaban J connectivity index is 0.00000410. The predicted molar refractivity (Wildman–Crippen MR) is 227 cm³/mol. The second-order valence-electron chi connectivity index (χ2n) is 14.4. The van der Waals surface area contributed by atoms with Crippen molar-refractivity contribution in [3.8, 4) is 16.9 Å². The molecule has 0 spiro atoms. The van der Waals surface area contributed by atoms with Crippen LogP contribution in [0.1, 0.15) is 27.8 Å². The van der Waals surface area contributed by atoms with Crippen LogP contribution >= 0.6 is 0 Å². The molecule has 272 valence electrons. The van der Waals surface area contributed by atoms with Crippen molar-refractivity contribution in [1.29, 1.82) is 0 Å². The number of anilines is 3. The number of aryl methyl sites for hydroxylation is 1. The summed E-state index contributed by atoms with van der Waals surface area (Å²) in [6.45, 7) is 2.91. The molecule has 3 heterocycles. The Kier molecular flexibility index (Phi) is 9.16. The fraction of sp³-hybridized carbons (Fsp3) is 0.0784. The molecule has 0 radical (unpaired) electrons. The van der Waals surface area contributed by atoms with Gasteiger partial charge in [-0.05, 0) is 70.5 Å². The SMILES string of the molecule is Cc1ccccc1-c1ccnc(-n2c3[c-]c(C(c4[c-]c(N5CN(C)c6ccccc65)ccc4)(c4ccccc4)c4ccccc4)ccc3c3ccccc32)c1.[Pt+2]. The van der Waals surface area contributed by atoms with E-state index in [1.807, 2.05) is 6.20 Å². The number of fused-ring (bicyclic) bond motifs is 4. The standard InChI is InChI=1S/C51H38N4.Pt/c1-36-16-9-10-23-43(36)37-30-31-52-50(32-37)55-46-25-12-11-24-44(46)45-29-28-41(34-49(45)55)51(38-17-5-3-6-18-38,39-19-7-4-8-20-39)40-21-15-22-42(33-40)54-35-53(2)47-26-13-14-27-48(47)54;/h3-32H,35H2,1-2H3;/q-2;+2. The number of para-hydroxylation sites is 3. The van der Waals surface area contributed by atoms with Gasteiger partial charge in [-0.3, -0.25) is 0 Å². The first kappa shape index (κ1) is 35.5. The molecule has 0 N–H and O–H groups in total. The summed E-state index contributed by atoms with van der Waals surface area (Å²) in [6.07, 6.45) is 1.92. The predicted octanol–water partition coefficient (Wildman–Crippen LogP) is 11.7. The molecule has 4 nitrogen and oxygen atoms in total. The Bertz CT molecular complexity index is 2810. The van der Waals surface area contributed by atoms with Crippen molar-refractivity contribution in [2.24, 2.45) is 0 Å². The monoisotopic (exact) mass is 901 g/mol. The molecule has 56 heavy (non-hydrogen) atoms. The maximum Gasteiger partial charge on any atom is 2.00 e. The van der Waals surface area contributed by atoms with E-state index >= 15 is 0 Å². The van der Waals surface area contributed by atoms with E-state index in [2.05, 4.69) is 216 Å². The van der Waals surface area contributed by atoms with Gasteiger partial charge in [-0.2, -0.15) is 36.4 Å². The number of hydrogen-bond donors (Lipinski definition) is 0. The van der Waals surface area contributed by atoms with E-state index in [0.717, 1.165) is 62.4 Å². The molecule has 0 unspecified atom stereocenters. The number of nitrogens with zero attached hydrogens (tertiary/aromatic N) is 4. The van der Waals surface area contributed by atoms with E-state index in [1.165, 1.54) is 27.9 Å². The van der Waals surface area contributed by atoms with E-state index in [0.29, 0.717) is 0 Å². The fourth-order valence-electron chi connectivity index (χ4n) is 8.68. The zero-order valence-electron chi connectivity index (χ0n) is 31.1. The van der Waals surface area contributed by atoms with Crippen LogP contribution < -0.4 is 9.80 Å². The maximum atomic E-state index is 5.01. The van der Waals surface area contributed by atoms with Crippen LogP contribution in [0.5, 0.6) is 0 Å². The molecule has 0 fully saturated rings. The van der Waals surface area contributed by atoms with Crippen molar-refractivity contribution in [3.63, 3.8) is 0 Å². The zero-order chi connectivity index (χ0) is 36.9. The molecule has 0 saturated carbocycles. The van der Waals surface area contributed by atoms with Gasteiger partial charge in [0.1, 0.15) is 5.82 Å². The van der Waals surface area contributed by atoms with Gasteiger partial charge in [0.15, 0.2) is 0 Å². The second kappa shape index (κ2) is 14.5. The summed E-state index contributed by atoms with van der Waals surface area (Å²) in [7, 11) is 2.15. The first-order valence-corrected chi connectivity index (χ1v) is 18.8. The van der Waals surface area contributed by atoms with Gasteiger partial charge in [0.05, 0.1) is 18.0 Å². The topological polar surface area (TPSA) is 24.3 Å². The van der Waals surface area contributed by atoms with Crippen LogP contribution in [0.3, 0.4) is 0 Å². The van der Waals surface area contributed by atoms with Crippen LogP contribution in [0.2, 0.25) is 0 Å². The first-order chi connectivity index (χ1) is 27.1. The average molecular weight is 902 g/mol. The van der Waals surface area contributed by atoms with Gasteiger partial charge in [0, 0.05) is 24.2 Å². The summed E-state index contributed by atoms with van der Waals surface area (Å²) in [5.74, 6) is 0.857. The molecule has 5 heteroatoms. The van der Waals surface area contributed by atoms with Gasteiger partial charge in [-0.25, -0.2) is 4.98 Å². The van der Waals surface area contributed by atoms with Crippen molar-refractivity contribution in [2.45, 2.75) is 12.3 Å². The van der Waals surface area contributed by atoms with Gasteiger partial charge in [0.25, 0.3) is 0 Å². The molecule has 1 aliphatic heterocycles. The van der Waals surface area contributed by atoms with Gasteiger partial charge < -0.3 is 14.4 Å². The minimum absolute atomic E-state index is 0. The van der Waals surface area contributed by atoms with Crippen LogP contribution in [0.25, 0.3) is 38.8 Å². The average Bonchev–Trinajstić information content (AvgIpc) is 3.76. The normalized spacial score (nSPS) is 12.5.